The summed E-state index contributed by atoms with van der Waals surface area (Å²) in [7, 11) is -2.34. The average molecular weight is 526 g/mol. The minimum Gasteiger partial charge on any atom is -0.495 e. The summed E-state index contributed by atoms with van der Waals surface area (Å²) in [4.78, 5) is 25.0. The summed E-state index contributed by atoms with van der Waals surface area (Å²) in [6.45, 7) is 2.06. The first-order chi connectivity index (χ1) is 16.2. The lowest BCUT2D eigenvalue weighted by Gasteiger charge is -2.29. The van der Waals surface area contributed by atoms with Crippen LogP contribution < -0.4 is 20.7 Å². The van der Waals surface area contributed by atoms with Crippen molar-refractivity contribution in [3.8, 4) is 5.75 Å². The normalized spacial score (nSPS) is 18.3. The van der Waals surface area contributed by atoms with Crippen molar-refractivity contribution >= 4 is 50.7 Å². The van der Waals surface area contributed by atoms with Crippen LogP contribution in [0.25, 0.3) is 0 Å². The van der Waals surface area contributed by atoms with Crippen LogP contribution in [0.1, 0.15) is 25.3 Å². The number of rotatable bonds is 10. The SMILES string of the molecule is CCCCc1ccc(S(=O)(=O)C2CNC(SCC(=O)Nc3ccc(OC)c(Cl)c3)NC2=O)cc1. The van der Waals surface area contributed by atoms with Gasteiger partial charge in [0.2, 0.25) is 11.8 Å². The summed E-state index contributed by atoms with van der Waals surface area (Å²) < 4.78 is 31.0. The fourth-order valence-electron chi connectivity index (χ4n) is 3.42. The minimum atomic E-state index is -3.84. The predicted octanol–water partition coefficient (Wildman–Crippen LogP) is 3.21. The monoisotopic (exact) mass is 525 g/mol. The van der Waals surface area contributed by atoms with Gasteiger partial charge in [0.25, 0.3) is 0 Å². The molecule has 1 heterocycles. The molecule has 3 rings (SSSR count). The first-order valence-corrected chi connectivity index (χ1v) is 13.8. The quantitative estimate of drug-likeness (QED) is 0.436. The number of methoxy groups -OCH3 is 1. The lowest BCUT2D eigenvalue weighted by Crippen LogP contribution is -2.59. The topological polar surface area (TPSA) is 114 Å². The van der Waals surface area contributed by atoms with E-state index in [1.807, 2.05) is 0 Å². The van der Waals surface area contributed by atoms with Crippen LogP contribution in [-0.4, -0.2) is 50.4 Å². The summed E-state index contributed by atoms with van der Waals surface area (Å²) in [5.41, 5.74) is 1.00. The molecule has 1 aliphatic rings. The van der Waals surface area contributed by atoms with E-state index in [1.165, 1.54) is 7.11 Å². The number of aryl methyl sites for hydroxylation is 1. The zero-order chi connectivity index (χ0) is 24.7. The minimum absolute atomic E-state index is 0.0399. The summed E-state index contributed by atoms with van der Waals surface area (Å²) in [6.07, 6.45) is 2.98. The molecule has 1 fully saturated rings. The first-order valence-electron chi connectivity index (χ1n) is 10.9. The predicted molar refractivity (Wildman–Crippen MR) is 135 cm³/mol. The molecule has 3 N–H and O–H groups in total. The number of nitrogens with one attached hydrogen (secondary N) is 3. The van der Waals surface area contributed by atoms with Gasteiger partial charge in [-0.3, -0.25) is 14.9 Å². The molecule has 34 heavy (non-hydrogen) atoms. The summed E-state index contributed by atoms with van der Waals surface area (Å²) in [6, 6.07) is 11.6. The summed E-state index contributed by atoms with van der Waals surface area (Å²) in [5, 5.41) is 7.49. The maximum Gasteiger partial charge on any atom is 0.241 e. The van der Waals surface area contributed by atoms with E-state index in [4.69, 9.17) is 16.3 Å². The Hall–Kier alpha value is -2.27. The van der Waals surface area contributed by atoms with Crippen molar-refractivity contribution in [3.05, 3.63) is 53.1 Å². The van der Waals surface area contributed by atoms with Crippen LogP contribution in [0, 0.1) is 0 Å². The molecular weight excluding hydrogens is 498 g/mol. The molecule has 0 saturated carbocycles. The standard InChI is InChI=1S/C23H28ClN3O5S2/c1-3-4-5-15-6-9-17(10-7-15)34(30,31)20-13-25-23(27-22(20)29)33-14-21(28)26-16-8-11-19(32-2)18(24)12-16/h6-12,20,23,25H,3-5,13-14H2,1-2H3,(H,26,28)(H,27,29). The third-order valence-corrected chi connectivity index (χ3v) is 8.72. The summed E-state index contributed by atoms with van der Waals surface area (Å²) >= 11 is 7.21. The number of amides is 2. The Bertz CT molecular complexity index is 1130. The Morgan fingerprint density at radius 1 is 1.24 bits per heavy atom. The molecule has 0 radical (unpaired) electrons. The van der Waals surface area contributed by atoms with Gasteiger partial charge in [0.05, 0.1) is 22.8 Å². The van der Waals surface area contributed by atoms with Crippen LogP contribution in [0.15, 0.2) is 47.4 Å². The molecule has 184 valence electrons. The van der Waals surface area contributed by atoms with Gasteiger partial charge < -0.3 is 15.4 Å². The van der Waals surface area contributed by atoms with Crippen molar-refractivity contribution in [2.45, 2.75) is 41.8 Å². The molecular formula is C23H28ClN3O5S2. The second kappa shape index (κ2) is 11.9. The van der Waals surface area contributed by atoms with E-state index in [0.29, 0.717) is 16.5 Å². The number of hydrogen-bond donors (Lipinski definition) is 3. The van der Waals surface area contributed by atoms with E-state index in [2.05, 4.69) is 22.9 Å². The number of benzene rings is 2. The first kappa shape index (κ1) is 26.3. The van der Waals surface area contributed by atoms with Crippen molar-refractivity contribution in [2.75, 3.05) is 24.7 Å². The van der Waals surface area contributed by atoms with Crippen LogP contribution in [0.5, 0.6) is 5.75 Å². The molecule has 0 spiro atoms. The van der Waals surface area contributed by atoms with Gasteiger partial charge in [-0.2, -0.15) is 0 Å². The van der Waals surface area contributed by atoms with Crippen molar-refractivity contribution in [3.63, 3.8) is 0 Å². The molecule has 0 aromatic heterocycles. The fourth-order valence-corrected chi connectivity index (χ4v) is 5.99. The van der Waals surface area contributed by atoms with Crippen LogP contribution in [0.4, 0.5) is 5.69 Å². The maximum atomic E-state index is 13.0. The molecule has 2 aromatic carbocycles. The number of halogens is 1. The largest absolute Gasteiger partial charge is 0.495 e. The fraction of sp³-hybridized carbons (Fsp3) is 0.391. The van der Waals surface area contributed by atoms with E-state index in [0.717, 1.165) is 36.6 Å². The van der Waals surface area contributed by atoms with Crippen molar-refractivity contribution in [1.29, 1.82) is 0 Å². The molecule has 8 nitrogen and oxygen atoms in total. The number of anilines is 1. The molecule has 2 aromatic rings. The van der Waals surface area contributed by atoms with Gasteiger partial charge in [0.1, 0.15) is 11.2 Å². The lowest BCUT2D eigenvalue weighted by molar-refractivity contribution is -0.122. The van der Waals surface area contributed by atoms with Gasteiger partial charge in [0, 0.05) is 12.2 Å². The smallest absolute Gasteiger partial charge is 0.241 e. The maximum absolute atomic E-state index is 13.0. The number of ether oxygens (including phenoxy) is 1. The van der Waals surface area contributed by atoms with Gasteiger partial charge in [-0.05, 0) is 48.7 Å². The third-order valence-electron chi connectivity index (χ3n) is 5.32. The van der Waals surface area contributed by atoms with Crippen LogP contribution in [0.3, 0.4) is 0 Å². The van der Waals surface area contributed by atoms with Gasteiger partial charge in [-0.15, -0.1) is 11.8 Å². The van der Waals surface area contributed by atoms with Gasteiger partial charge in [-0.1, -0.05) is 37.1 Å². The number of unbranched alkanes of at least 4 members (excludes halogenated alkanes) is 1. The van der Waals surface area contributed by atoms with E-state index >= 15 is 0 Å². The van der Waals surface area contributed by atoms with E-state index in [-0.39, 0.29) is 23.1 Å². The molecule has 1 aliphatic heterocycles. The van der Waals surface area contributed by atoms with E-state index in [1.54, 1.807) is 42.5 Å². The Kier molecular flexibility index (Phi) is 9.24. The average Bonchev–Trinajstić information content (AvgIpc) is 2.81. The lowest BCUT2D eigenvalue weighted by atomic mass is 10.1. The Morgan fingerprint density at radius 3 is 2.59 bits per heavy atom. The Labute approximate surface area is 209 Å². The van der Waals surface area contributed by atoms with E-state index < -0.39 is 26.5 Å². The van der Waals surface area contributed by atoms with E-state index in [9.17, 15) is 18.0 Å². The van der Waals surface area contributed by atoms with Crippen LogP contribution >= 0.6 is 23.4 Å². The second-order valence-electron chi connectivity index (χ2n) is 7.79. The zero-order valence-corrected chi connectivity index (χ0v) is 21.4. The third kappa shape index (κ3) is 6.65. The molecule has 11 heteroatoms. The van der Waals surface area contributed by atoms with Gasteiger partial charge in [-0.25, -0.2) is 8.42 Å². The van der Waals surface area contributed by atoms with Crippen molar-refractivity contribution in [1.82, 2.24) is 10.6 Å². The Balaban J connectivity index is 1.52. The molecule has 0 bridgehead atoms. The molecule has 0 aliphatic carbocycles. The number of thioether (sulfide) groups is 1. The van der Waals surface area contributed by atoms with Crippen LogP contribution in [0.2, 0.25) is 5.02 Å². The highest BCUT2D eigenvalue weighted by molar-refractivity contribution is 8.00. The molecule has 1 saturated heterocycles. The highest BCUT2D eigenvalue weighted by atomic mass is 35.5. The highest BCUT2D eigenvalue weighted by Crippen LogP contribution is 2.27. The van der Waals surface area contributed by atoms with Crippen LogP contribution in [-0.2, 0) is 25.8 Å². The molecule has 2 atom stereocenters. The van der Waals surface area contributed by atoms with Crippen molar-refractivity contribution < 1.29 is 22.7 Å². The number of sulfone groups is 1. The molecule has 2 unspecified atom stereocenters. The Morgan fingerprint density at radius 2 is 1.97 bits per heavy atom. The number of carbonyl (C=O) groups is 2. The second-order valence-corrected chi connectivity index (χ2v) is 11.4. The highest BCUT2D eigenvalue weighted by Gasteiger charge is 2.38. The number of hydrogen-bond acceptors (Lipinski definition) is 7. The van der Waals surface area contributed by atoms with Gasteiger partial charge >= 0.3 is 0 Å². The van der Waals surface area contributed by atoms with Gasteiger partial charge in [0.15, 0.2) is 15.1 Å². The summed E-state index contributed by atoms with van der Waals surface area (Å²) in [5.74, 6) is -0.341. The van der Waals surface area contributed by atoms with Crippen molar-refractivity contribution in [2.24, 2.45) is 0 Å². The molecule has 2 amide bonds. The zero-order valence-electron chi connectivity index (χ0n) is 19.0. The number of carbonyl (C=O) groups excluding carboxylic acids is 2.